The number of rotatable bonds is 7. The lowest BCUT2D eigenvalue weighted by Gasteiger charge is -2.19. The summed E-state index contributed by atoms with van der Waals surface area (Å²) in [5.41, 5.74) is -0.343. The Morgan fingerprint density at radius 1 is 1.17 bits per heavy atom. The molecule has 1 saturated heterocycles. The Kier molecular flexibility index (Phi) is 5.99. The van der Waals surface area contributed by atoms with Crippen LogP contribution in [0.25, 0.3) is 0 Å². The Hall–Kier alpha value is -2.78. The molecule has 1 aliphatic heterocycles. The van der Waals surface area contributed by atoms with Gasteiger partial charge in [0.05, 0.1) is 0 Å². The van der Waals surface area contributed by atoms with Crippen molar-refractivity contribution in [1.82, 2.24) is 10.2 Å². The van der Waals surface area contributed by atoms with Crippen LogP contribution in [0.5, 0.6) is 5.75 Å². The van der Waals surface area contributed by atoms with Gasteiger partial charge in [-0.3, -0.25) is 14.5 Å². The number of nitrogens with zero attached hydrogens (tertiary/aromatic N) is 1. The van der Waals surface area contributed by atoms with E-state index >= 15 is 0 Å². The van der Waals surface area contributed by atoms with E-state index in [1.165, 1.54) is 29.2 Å². The topological polar surface area (TPSA) is 87.7 Å². The highest BCUT2D eigenvalue weighted by molar-refractivity contribution is 6.07. The van der Waals surface area contributed by atoms with Gasteiger partial charge >= 0.3 is 12.2 Å². The predicted molar refractivity (Wildman–Crippen MR) is 97.3 cm³/mol. The van der Waals surface area contributed by atoms with Crippen LogP contribution in [0, 0.1) is 0 Å². The van der Waals surface area contributed by atoms with Crippen LogP contribution in [0.15, 0.2) is 24.3 Å². The summed E-state index contributed by atoms with van der Waals surface area (Å²) in [6, 6.07) is 5.12. The van der Waals surface area contributed by atoms with E-state index in [9.17, 15) is 27.6 Å². The van der Waals surface area contributed by atoms with Gasteiger partial charge in [0.2, 0.25) is 5.91 Å². The molecule has 1 spiro atoms. The predicted octanol–water partition coefficient (Wildman–Crippen LogP) is 3.21. The lowest BCUT2D eigenvalue weighted by atomic mass is 9.98. The van der Waals surface area contributed by atoms with Gasteiger partial charge in [-0.25, -0.2) is 4.79 Å². The van der Waals surface area contributed by atoms with Gasteiger partial charge in [-0.1, -0.05) is 12.8 Å². The minimum Gasteiger partial charge on any atom is -0.484 e. The van der Waals surface area contributed by atoms with Crippen molar-refractivity contribution in [3.63, 3.8) is 0 Å². The summed E-state index contributed by atoms with van der Waals surface area (Å²) in [7, 11) is 0. The molecule has 0 unspecified atom stereocenters. The molecule has 2 fully saturated rings. The zero-order chi connectivity index (χ0) is 21.1. The average Bonchev–Trinajstić information content (AvgIpc) is 3.21. The number of benzene rings is 1. The molecule has 1 aliphatic carbocycles. The van der Waals surface area contributed by atoms with Crippen LogP contribution in [0.2, 0.25) is 0 Å². The number of imide groups is 1. The second-order valence-electron chi connectivity index (χ2n) is 7.26. The van der Waals surface area contributed by atoms with E-state index in [0.717, 1.165) is 12.8 Å². The van der Waals surface area contributed by atoms with Crippen LogP contribution >= 0.6 is 0 Å². The number of amides is 4. The van der Waals surface area contributed by atoms with Gasteiger partial charge < -0.3 is 15.4 Å². The van der Waals surface area contributed by atoms with Crippen LogP contribution in [0.4, 0.5) is 23.7 Å². The van der Waals surface area contributed by atoms with Crippen LogP contribution < -0.4 is 15.4 Å². The van der Waals surface area contributed by atoms with Crippen molar-refractivity contribution in [1.29, 1.82) is 0 Å². The third-order valence-electron chi connectivity index (χ3n) is 5.03. The molecule has 0 atom stereocenters. The Labute approximate surface area is 165 Å². The van der Waals surface area contributed by atoms with E-state index in [4.69, 9.17) is 0 Å². The molecule has 1 aromatic rings. The zero-order valence-electron chi connectivity index (χ0n) is 15.7. The van der Waals surface area contributed by atoms with Crippen molar-refractivity contribution in [2.24, 2.45) is 0 Å². The maximum absolute atomic E-state index is 12.5. The molecule has 158 valence electrons. The number of carbonyl (C=O) groups excluding carboxylic acids is 3. The molecule has 2 aliphatic rings. The van der Waals surface area contributed by atoms with Crippen molar-refractivity contribution in [2.75, 3.05) is 18.5 Å². The van der Waals surface area contributed by atoms with Crippen LogP contribution in [-0.2, 0) is 9.59 Å². The Morgan fingerprint density at radius 2 is 1.83 bits per heavy atom. The van der Waals surface area contributed by atoms with Crippen molar-refractivity contribution in [3.8, 4) is 5.75 Å². The number of anilines is 1. The van der Waals surface area contributed by atoms with Gasteiger partial charge in [0.1, 0.15) is 11.3 Å². The molecule has 10 heteroatoms. The summed E-state index contributed by atoms with van der Waals surface area (Å²) in [6.45, 7) is -1.23. The number of hydrogen-bond acceptors (Lipinski definition) is 4. The van der Waals surface area contributed by atoms with Crippen LogP contribution in [-0.4, -0.2) is 47.6 Å². The fourth-order valence-electron chi connectivity index (χ4n) is 3.62. The second-order valence-corrected chi connectivity index (χ2v) is 7.26. The van der Waals surface area contributed by atoms with E-state index in [0.29, 0.717) is 24.9 Å². The molecule has 1 saturated carbocycles. The fourth-order valence-corrected chi connectivity index (χ4v) is 3.62. The van der Waals surface area contributed by atoms with Gasteiger partial charge in [0.15, 0.2) is 6.61 Å². The largest absolute Gasteiger partial charge is 0.484 e. The lowest BCUT2D eigenvalue weighted by molar-refractivity contribution is -0.153. The highest BCUT2D eigenvalue weighted by Gasteiger charge is 2.52. The molecule has 0 bridgehead atoms. The first-order chi connectivity index (χ1) is 13.7. The molecular formula is C19H22F3N3O4. The van der Waals surface area contributed by atoms with Gasteiger partial charge in [-0.2, -0.15) is 13.2 Å². The van der Waals surface area contributed by atoms with E-state index in [1.807, 2.05) is 0 Å². The first-order valence-corrected chi connectivity index (χ1v) is 9.42. The van der Waals surface area contributed by atoms with Crippen molar-refractivity contribution in [2.45, 2.75) is 50.2 Å². The summed E-state index contributed by atoms with van der Waals surface area (Å²) in [4.78, 5) is 37.8. The maximum Gasteiger partial charge on any atom is 0.422 e. The number of nitrogens with one attached hydrogen (secondary N) is 2. The fraction of sp³-hybridized carbons (Fsp3) is 0.526. The van der Waals surface area contributed by atoms with Gasteiger partial charge in [-0.05, 0) is 43.5 Å². The Balaban J connectivity index is 1.42. The van der Waals surface area contributed by atoms with E-state index in [2.05, 4.69) is 15.4 Å². The monoisotopic (exact) mass is 413 g/mol. The Morgan fingerprint density at radius 3 is 2.45 bits per heavy atom. The summed E-state index contributed by atoms with van der Waals surface area (Å²) >= 11 is 0. The molecule has 0 radical (unpaired) electrons. The smallest absolute Gasteiger partial charge is 0.422 e. The van der Waals surface area contributed by atoms with Crippen molar-refractivity contribution < 1.29 is 32.3 Å². The molecule has 4 amide bonds. The number of hydrogen-bond donors (Lipinski definition) is 2. The minimum absolute atomic E-state index is 0.0414. The standard InChI is InChI=1S/C19H22F3N3O4/c20-19(21,22)12-29-14-7-5-13(6-8-14)23-15(26)4-3-11-25-16(27)18(24-17(25)28)9-1-2-10-18/h5-8H,1-4,9-12H2,(H,23,26)(H,24,28). The first-order valence-electron chi connectivity index (χ1n) is 9.42. The summed E-state index contributed by atoms with van der Waals surface area (Å²) < 4.78 is 41.0. The van der Waals surface area contributed by atoms with E-state index < -0.39 is 24.4 Å². The molecule has 2 N–H and O–H groups in total. The summed E-state index contributed by atoms with van der Waals surface area (Å²) in [5, 5.41) is 5.40. The normalized spacial score (nSPS) is 18.2. The molecule has 7 nitrogen and oxygen atoms in total. The Bertz CT molecular complexity index is 774. The summed E-state index contributed by atoms with van der Waals surface area (Å²) in [5.74, 6) is -0.494. The highest BCUT2D eigenvalue weighted by atomic mass is 19.4. The van der Waals surface area contributed by atoms with E-state index in [-0.39, 0.29) is 30.5 Å². The number of urea groups is 1. The first kappa shape index (κ1) is 20.9. The molecule has 1 heterocycles. The zero-order valence-corrected chi connectivity index (χ0v) is 15.7. The summed E-state index contributed by atoms with van der Waals surface area (Å²) in [6.07, 6.45) is -0.902. The number of alkyl halides is 3. The highest BCUT2D eigenvalue weighted by Crippen LogP contribution is 2.35. The quantitative estimate of drug-likeness (QED) is 0.672. The van der Waals surface area contributed by atoms with Crippen LogP contribution in [0.3, 0.4) is 0 Å². The van der Waals surface area contributed by atoms with E-state index in [1.54, 1.807) is 0 Å². The van der Waals surface area contributed by atoms with Crippen LogP contribution in [0.1, 0.15) is 38.5 Å². The van der Waals surface area contributed by atoms with Crippen molar-refractivity contribution in [3.05, 3.63) is 24.3 Å². The maximum atomic E-state index is 12.5. The number of halogens is 3. The van der Waals surface area contributed by atoms with Gasteiger partial charge in [-0.15, -0.1) is 0 Å². The second kappa shape index (κ2) is 8.30. The lowest BCUT2D eigenvalue weighted by Crippen LogP contribution is -2.44. The van der Waals surface area contributed by atoms with Gasteiger partial charge in [0, 0.05) is 18.7 Å². The third-order valence-corrected chi connectivity index (χ3v) is 5.03. The minimum atomic E-state index is -4.42. The average molecular weight is 413 g/mol. The molecule has 0 aromatic heterocycles. The number of carbonyl (C=O) groups is 3. The molecule has 29 heavy (non-hydrogen) atoms. The van der Waals surface area contributed by atoms with Gasteiger partial charge in [0.25, 0.3) is 5.91 Å². The number of ether oxygens (including phenoxy) is 1. The SMILES string of the molecule is O=C(CCCN1C(=O)NC2(CCCC2)C1=O)Nc1ccc(OCC(F)(F)F)cc1. The van der Waals surface area contributed by atoms with Crippen molar-refractivity contribution >= 4 is 23.5 Å². The molecule has 1 aromatic carbocycles. The molecule has 3 rings (SSSR count). The third kappa shape index (κ3) is 5.18. The molecular weight excluding hydrogens is 391 g/mol.